The van der Waals surface area contributed by atoms with E-state index in [2.05, 4.69) is 5.43 Å². The van der Waals surface area contributed by atoms with Gasteiger partial charge in [-0.2, -0.15) is 5.26 Å². The number of carbonyl (C=O) groups excluding carboxylic acids is 1. The van der Waals surface area contributed by atoms with Gasteiger partial charge in [-0.1, -0.05) is 48.5 Å². The molecular formula is C21H17N3O4S. The van der Waals surface area contributed by atoms with E-state index >= 15 is 0 Å². The van der Waals surface area contributed by atoms with E-state index in [1.54, 1.807) is 12.1 Å². The van der Waals surface area contributed by atoms with Crippen LogP contribution in [0.15, 0.2) is 83.8 Å². The van der Waals surface area contributed by atoms with Crippen molar-refractivity contribution in [1.82, 2.24) is 10.3 Å². The van der Waals surface area contributed by atoms with Gasteiger partial charge in [0, 0.05) is 5.56 Å². The molecule has 0 heterocycles. The van der Waals surface area contributed by atoms with Crippen LogP contribution >= 0.6 is 0 Å². The summed E-state index contributed by atoms with van der Waals surface area (Å²) in [4.78, 5) is 14.0. The van der Waals surface area contributed by atoms with Crippen LogP contribution in [0.5, 0.6) is 5.75 Å². The molecule has 0 fully saturated rings. The summed E-state index contributed by atoms with van der Waals surface area (Å²) >= 11 is 0. The maximum absolute atomic E-state index is 12.2. The maximum Gasteiger partial charge on any atom is 0.272 e. The van der Waals surface area contributed by atoms with Crippen LogP contribution in [0.2, 0.25) is 0 Å². The van der Waals surface area contributed by atoms with Gasteiger partial charge in [0.2, 0.25) is 0 Å². The number of amides is 1. The minimum absolute atomic E-state index is 0.0767. The third-order valence-corrected chi connectivity index (χ3v) is 5.21. The highest BCUT2D eigenvalue weighted by molar-refractivity contribution is 7.89. The Kier molecular flexibility index (Phi) is 6.24. The van der Waals surface area contributed by atoms with Crippen molar-refractivity contribution < 1.29 is 17.9 Å². The molecule has 0 aliphatic carbocycles. The van der Waals surface area contributed by atoms with E-state index in [1.165, 1.54) is 24.3 Å². The summed E-state index contributed by atoms with van der Waals surface area (Å²) in [5.74, 6) is -0.158. The van der Waals surface area contributed by atoms with Crippen molar-refractivity contribution in [3.63, 3.8) is 0 Å². The highest BCUT2D eigenvalue weighted by Gasteiger charge is 2.15. The van der Waals surface area contributed by atoms with Gasteiger partial charge in [0.1, 0.15) is 5.75 Å². The maximum atomic E-state index is 12.2. The van der Waals surface area contributed by atoms with Crippen LogP contribution in [0, 0.1) is 11.3 Å². The Labute approximate surface area is 168 Å². The molecule has 0 aliphatic rings. The van der Waals surface area contributed by atoms with Crippen molar-refractivity contribution in [3.05, 3.63) is 84.4 Å². The highest BCUT2D eigenvalue weighted by Crippen LogP contribution is 2.29. The molecule has 0 saturated heterocycles. The minimum atomic E-state index is -3.96. The number of hydrogen-bond donors (Lipinski definition) is 2. The summed E-state index contributed by atoms with van der Waals surface area (Å²) < 4.78 is 30.0. The first kappa shape index (κ1) is 20.1. The summed E-state index contributed by atoms with van der Waals surface area (Å²) in [6.45, 7) is -0.375. The Morgan fingerprint density at radius 1 is 0.931 bits per heavy atom. The smallest absolute Gasteiger partial charge is 0.272 e. The SMILES string of the molecule is N#Cc1ccc(S(=O)(=O)NNC(=O)COc2ccccc2-c2ccccc2)cc1. The molecule has 8 heteroatoms. The average Bonchev–Trinajstić information content (AvgIpc) is 2.77. The lowest BCUT2D eigenvalue weighted by molar-refractivity contribution is -0.123. The second kappa shape index (κ2) is 9.01. The molecule has 3 rings (SSSR count). The molecule has 3 aromatic carbocycles. The van der Waals surface area contributed by atoms with Crippen LogP contribution < -0.4 is 15.0 Å². The van der Waals surface area contributed by atoms with Crippen LogP contribution in [0.4, 0.5) is 0 Å². The molecule has 0 saturated carbocycles. The number of ether oxygens (including phenoxy) is 1. The second-order valence-electron chi connectivity index (χ2n) is 5.94. The van der Waals surface area contributed by atoms with Crippen molar-refractivity contribution in [1.29, 1.82) is 5.26 Å². The van der Waals surface area contributed by atoms with Crippen molar-refractivity contribution in [2.24, 2.45) is 0 Å². The summed E-state index contributed by atoms with van der Waals surface area (Å²) in [6.07, 6.45) is 0. The van der Waals surface area contributed by atoms with Crippen LogP contribution in [-0.2, 0) is 14.8 Å². The monoisotopic (exact) mass is 407 g/mol. The Balaban J connectivity index is 1.60. The van der Waals surface area contributed by atoms with Crippen molar-refractivity contribution >= 4 is 15.9 Å². The fraction of sp³-hybridized carbons (Fsp3) is 0.0476. The molecule has 7 nitrogen and oxygen atoms in total. The van der Waals surface area contributed by atoms with E-state index in [-0.39, 0.29) is 11.5 Å². The summed E-state index contributed by atoms with van der Waals surface area (Å²) in [7, 11) is -3.96. The lowest BCUT2D eigenvalue weighted by atomic mass is 10.1. The molecule has 0 aliphatic heterocycles. The lowest BCUT2D eigenvalue weighted by Crippen LogP contribution is -2.43. The number of hydrazine groups is 1. The zero-order chi connectivity index (χ0) is 20.7. The number of nitriles is 1. The predicted octanol–water partition coefficient (Wildman–Crippen LogP) is 2.61. The third-order valence-electron chi connectivity index (χ3n) is 3.95. The molecule has 146 valence electrons. The van der Waals surface area contributed by atoms with Crippen LogP contribution in [0.1, 0.15) is 5.56 Å². The molecule has 0 unspecified atom stereocenters. The van der Waals surface area contributed by atoms with Gasteiger partial charge in [-0.15, -0.1) is 4.83 Å². The number of para-hydroxylation sites is 1. The Morgan fingerprint density at radius 3 is 2.28 bits per heavy atom. The highest BCUT2D eigenvalue weighted by atomic mass is 32.2. The number of sulfonamides is 1. The van der Waals surface area contributed by atoms with Gasteiger partial charge >= 0.3 is 0 Å². The fourth-order valence-corrected chi connectivity index (χ4v) is 3.38. The molecule has 2 N–H and O–H groups in total. The molecule has 0 radical (unpaired) electrons. The number of hydrogen-bond acceptors (Lipinski definition) is 5. The molecule has 0 atom stereocenters. The zero-order valence-corrected chi connectivity index (χ0v) is 16.0. The standard InChI is InChI=1S/C21H17N3O4S/c22-14-16-10-12-18(13-11-16)29(26,27)24-23-21(25)15-28-20-9-5-4-8-19(20)17-6-2-1-3-7-17/h1-13,24H,15H2,(H,23,25). The van der Waals surface area contributed by atoms with Crippen LogP contribution in [0.25, 0.3) is 11.1 Å². The fourth-order valence-electron chi connectivity index (χ4n) is 2.52. The molecule has 0 bridgehead atoms. The predicted molar refractivity (Wildman–Crippen MR) is 107 cm³/mol. The first-order valence-corrected chi connectivity index (χ1v) is 10.1. The van der Waals surface area contributed by atoms with Gasteiger partial charge in [0.25, 0.3) is 15.9 Å². The van der Waals surface area contributed by atoms with Crippen molar-refractivity contribution in [2.75, 3.05) is 6.61 Å². The van der Waals surface area contributed by atoms with E-state index in [0.29, 0.717) is 11.3 Å². The quantitative estimate of drug-likeness (QED) is 0.585. The third kappa shape index (κ3) is 5.19. The van der Waals surface area contributed by atoms with Crippen LogP contribution in [0.3, 0.4) is 0 Å². The molecule has 0 aromatic heterocycles. The minimum Gasteiger partial charge on any atom is -0.483 e. The Hall–Kier alpha value is -3.67. The Bertz CT molecular complexity index is 1140. The Morgan fingerprint density at radius 2 is 1.59 bits per heavy atom. The largest absolute Gasteiger partial charge is 0.483 e. The number of rotatable bonds is 7. The number of benzene rings is 3. The first-order chi connectivity index (χ1) is 14.0. The lowest BCUT2D eigenvalue weighted by Gasteiger charge is -2.12. The number of carbonyl (C=O) groups is 1. The van der Waals surface area contributed by atoms with E-state index in [1.807, 2.05) is 53.4 Å². The normalized spacial score (nSPS) is 10.7. The number of nitrogens with zero attached hydrogens (tertiary/aromatic N) is 1. The molecular weight excluding hydrogens is 390 g/mol. The second-order valence-corrected chi connectivity index (χ2v) is 7.62. The zero-order valence-electron chi connectivity index (χ0n) is 15.2. The van der Waals surface area contributed by atoms with Gasteiger partial charge in [0.05, 0.1) is 16.5 Å². The molecule has 1 amide bonds. The topological polar surface area (TPSA) is 108 Å². The molecule has 29 heavy (non-hydrogen) atoms. The van der Waals surface area contributed by atoms with Crippen molar-refractivity contribution in [2.45, 2.75) is 4.90 Å². The molecule has 3 aromatic rings. The van der Waals surface area contributed by atoms with E-state index in [0.717, 1.165) is 11.1 Å². The molecule has 0 spiro atoms. The van der Waals surface area contributed by atoms with Gasteiger partial charge in [-0.05, 0) is 35.9 Å². The van der Waals surface area contributed by atoms with E-state index in [9.17, 15) is 13.2 Å². The number of nitrogens with one attached hydrogen (secondary N) is 2. The van der Waals surface area contributed by atoms with Gasteiger partial charge in [-0.3, -0.25) is 10.2 Å². The van der Waals surface area contributed by atoms with Gasteiger partial charge in [0.15, 0.2) is 6.61 Å². The first-order valence-electron chi connectivity index (χ1n) is 8.58. The summed E-state index contributed by atoms with van der Waals surface area (Å²) in [5, 5.41) is 8.77. The average molecular weight is 407 g/mol. The van der Waals surface area contributed by atoms with E-state index in [4.69, 9.17) is 10.00 Å². The summed E-state index contributed by atoms with van der Waals surface area (Å²) in [6, 6.07) is 24.0. The van der Waals surface area contributed by atoms with Crippen molar-refractivity contribution in [3.8, 4) is 22.9 Å². The van der Waals surface area contributed by atoms with Gasteiger partial charge < -0.3 is 4.74 Å². The van der Waals surface area contributed by atoms with E-state index < -0.39 is 15.9 Å². The van der Waals surface area contributed by atoms with Crippen LogP contribution in [-0.4, -0.2) is 20.9 Å². The van der Waals surface area contributed by atoms with Gasteiger partial charge in [-0.25, -0.2) is 8.42 Å². The summed E-state index contributed by atoms with van der Waals surface area (Å²) in [5.41, 5.74) is 4.20.